The summed E-state index contributed by atoms with van der Waals surface area (Å²) in [4.78, 5) is 20.3. The first kappa shape index (κ1) is 22.3. The summed E-state index contributed by atoms with van der Waals surface area (Å²) in [6.45, 7) is 3.83. The van der Waals surface area contributed by atoms with Crippen molar-refractivity contribution in [2.75, 3.05) is 19.5 Å². The second-order valence-electron chi connectivity index (χ2n) is 8.23. The Kier molecular flexibility index (Phi) is 5.74. The van der Waals surface area contributed by atoms with Crippen LogP contribution in [0.25, 0.3) is 38.7 Å². The Morgan fingerprint density at radius 3 is 2.60 bits per heavy atom. The minimum Gasteiger partial charge on any atom is -0.496 e. The van der Waals surface area contributed by atoms with Gasteiger partial charge in [-0.05, 0) is 43.7 Å². The standard InChI is InChI=1S/C28H25N3O4/c1-16(13-25(32)31-28-29-22-10-6-7-11-23(22)30-28)19-14-20-21(18-9-5-8-12-24(18)33-3)15-35-27(20)17(2)26(19)34-4/h5-15H,1-4H3,(H2,29,30,31,32)/b16-13+. The summed E-state index contributed by atoms with van der Waals surface area (Å²) in [5, 5.41) is 3.72. The number of allylic oxidation sites excluding steroid dienone is 1. The lowest BCUT2D eigenvalue weighted by Crippen LogP contribution is -2.10. The van der Waals surface area contributed by atoms with Crippen molar-refractivity contribution in [1.29, 1.82) is 0 Å². The Morgan fingerprint density at radius 1 is 1.06 bits per heavy atom. The minimum absolute atomic E-state index is 0.293. The first-order valence-electron chi connectivity index (χ1n) is 11.2. The van der Waals surface area contributed by atoms with E-state index in [9.17, 15) is 4.79 Å². The van der Waals surface area contributed by atoms with Gasteiger partial charge in [-0.2, -0.15) is 0 Å². The molecule has 7 nitrogen and oxygen atoms in total. The number of anilines is 1. The van der Waals surface area contributed by atoms with Gasteiger partial charge in [-0.25, -0.2) is 4.98 Å². The Balaban J connectivity index is 1.55. The van der Waals surface area contributed by atoms with Crippen molar-refractivity contribution < 1.29 is 18.7 Å². The van der Waals surface area contributed by atoms with Crippen molar-refractivity contribution in [3.8, 4) is 22.6 Å². The number of fused-ring (bicyclic) bond motifs is 2. The number of hydrogen-bond acceptors (Lipinski definition) is 5. The topological polar surface area (TPSA) is 89.4 Å². The number of imidazole rings is 1. The first-order valence-corrected chi connectivity index (χ1v) is 11.2. The molecule has 1 amide bonds. The van der Waals surface area contributed by atoms with Crippen molar-refractivity contribution >= 4 is 39.4 Å². The third-order valence-corrected chi connectivity index (χ3v) is 6.05. The first-order chi connectivity index (χ1) is 17.0. The normalized spacial score (nSPS) is 11.7. The van der Waals surface area contributed by atoms with Crippen LogP contribution < -0.4 is 14.8 Å². The SMILES string of the molecule is COc1ccccc1-c1coc2c(C)c(OC)c(/C(C)=C/C(=O)Nc3nc4ccccc4[nH]3)cc12. The number of benzene rings is 3. The van der Waals surface area contributed by atoms with E-state index in [0.29, 0.717) is 11.7 Å². The molecule has 0 unspecified atom stereocenters. The molecule has 2 heterocycles. The maximum absolute atomic E-state index is 12.8. The van der Waals surface area contributed by atoms with Gasteiger partial charge < -0.3 is 18.9 Å². The summed E-state index contributed by atoms with van der Waals surface area (Å²) in [6, 6.07) is 17.4. The van der Waals surface area contributed by atoms with Crippen LogP contribution >= 0.6 is 0 Å². The summed E-state index contributed by atoms with van der Waals surface area (Å²) in [5.41, 5.74) is 6.60. The number of nitrogens with zero attached hydrogens (tertiary/aromatic N) is 1. The smallest absolute Gasteiger partial charge is 0.250 e. The fourth-order valence-corrected chi connectivity index (χ4v) is 4.39. The van der Waals surface area contributed by atoms with Crippen LogP contribution in [0.15, 0.2) is 71.4 Å². The number of carbonyl (C=O) groups is 1. The van der Waals surface area contributed by atoms with Crippen LogP contribution in [-0.4, -0.2) is 30.1 Å². The third kappa shape index (κ3) is 4.01. The fourth-order valence-electron chi connectivity index (χ4n) is 4.39. The number of H-pyrrole nitrogens is 1. The molecule has 5 aromatic rings. The molecule has 176 valence electrons. The van der Waals surface area contributed by atoms with E-state index in [-0.39, 0.29) is 5.91 Å². The number of hydrogen-bond donors (Lipinski definition) is 2. The van der Waals surface area contributed by atoms with E-state index in [0.717, 1.165) is 55.6 Å². The third-order valence-electron chi connectivity index (χ3n) is 6.05. The largest absolute Gasteiger partial charge is 0.496 e. The van der Waals surface area contributed by atoms with Gasteiger partial charge in [-0.3, -0.25) is 10.1 Å². The number of rotatable bonds is 6. The zero-order valence-electron chi connectivity index (χ0n) is 19.9. The molecular formula is C28H25N3O4. The highest BCUT2D eigenvalue weighted by atomic mass is 16.5. The van der Waals surface area contributed by atoms with Crippen LogP contribution in [-0.2, 0) is 4.79 Å². The number of nitrogens with one attached hydrogen (secondary N) is 2. The molecule has 0 fully saturated rings. The molecule has 0 aliphatic heterocycles. The van der Waals surface area contributed by atoms with Crippen LogP contribution in [0.4, 0.5) is 5.95 Å². The van der Waals surface area contributed by atoms with E-state index in [1.165, 1.54) is 0 Å². The molecule has 0 spiro atoms. The number of carbonyl (C=O) groups excluding carboxylic acids is 1. The van der Waals surface area contributed by atoms with E-state index < -0.39 is 0 Å². The van der Waals surface area contributed by atoms with Crippen molar-refractivity contribution in [3.63, 3.8) is 0 Å². The maximum atomic E-state index is 12.8. The van der Waals surface area contributed by atoms with Crippen LogP contribution in [0.2, 0.25) is 0 Å². The molecule has 7 heteroatoms. The predicted molar refractivity (Wildman–Crippen MR) is 138 cm³/mol. The van der Waals surface area contributed by atoms with Gasteiger partial charge in [0.1, 0.15) is 17.1 Å². The number of ether oxygens (including phenoxy) is 2. The summed E-state index contributed by atoms with van der Waals surface area (Å²) >= 11 is 0. The van der Waals surface area contributed by atoms with Gasteiger partial charge >= 0.3 is 0 Å². The molecule has 35 heavy (non-hydrogen) atoms. The van der Waals surface area contributed by atoms with E-state index in [2.05, 4.69) is 15.3 Å². The fraction of sp³-hybridized carbons (Fsp3) is 0.143. The maximum Gasteiger partial charge on any atom is 0.250 e. The van der Waals surface area contributed by atoms with Crippen molar-refractivity contribution in [2.45, 2.75) is 13.8 Å². The van der Waals surface area contributed by atoms with E-state index in [1.807, 2.05) is 68.4 Å². The summed E-state index contributed by atoms with van der Waals surface area (Å²) in [7, 11) is 3.26. The number of amides is 1. The molecule has 0 saturated heterocycles. The van der Waals surface area contributed by atoms with E-state index in [1.54, 1.807) is 26.6 Å². The average molecular weight is 468 g/mol. The second kappa shape index (κ2) is 9.02. The highest BCUT2D eigenvalue weighted by molar-refractivity contribution is 6.06. The molecule has 0 aliphatic rings. The number of aryl methyl sites for hydroxylation is 1. The zero-order chi connectivity index (χ0) is 24.5. The summed E-state index contributed by atoms with van der Waals surface area (Å²) in [6.07, 6.45) is 3.27. The number of aromatic amines is 1. The van der Waals surface area contributed by atoms with Crippen LogP contribution in [0.3, 0.4) is 0 Å². The second-order valence-corrected chi connectivity index (χ2v) is 8.23. The van der Waals surface area contributed by atoms with E-state index in [4.69, 9.17) is 13.9 Å². The lowest BCUT2D eigenvalue weighted by atomic mass is 9.96. The summed E-state index contributed by atoms with van der Waals surface area (Å²) in [5.74, 6) is 1.51. The highest BCUT2D eigenvalue weighted by Gasteiger charge is 2.20. The van der Waals surface area contributed by atoms with Gasteiger partial charge in [0.25, 0.3) is 5.91 Å². The number of para-hydroxylation sites is 3. The van der Waals surface area contributed by atoms with Crippen molar-refractivity contribution in [2.24, 2.45) is 0 Å². The van der Waals surface area contributed by atoms with Gasteiger partial charge in [0.2, 0.25) is 5.95 Å². The monoisotopic (exact) mass is 467 g/mol. The predicted octanol–water partition coefficient (Wildman–Crippen LogP) is 6.34. The van der Waals surface area contributed by atoms with Crippen molar-refractivity contribution in [3.05, 3.63) is 78.1 Å². The molecule has 2 N–H and O–H groups in total. The Hall–Kier alpha value is -4.52. The molecule has 0 aliphatic carbocycles. The van der Waals surface area contributed by atoms with Gasteiger partial charge in [0.15, 0.2) is 0 Å². The zero-order valence-corrected chi connectivity index (χ0v) is 19.9. The van der Waals surface area contributed by atoms with Crippen LogP contribution in [0.5, 0.6) is 11.5 Å². The minimum atomic E-state index is -0.293. The molecule has 0 radical (unpaired) electrons. The number of furan rings is 1. The number of aromatic nitrogens is 2. The lowest BCUT2D eigenvalue weighted by Gasteiger charge is -2.13. The van der Waals surface area contributed by atoms with Crippen molar-refractivity contribution in [1.82, 2.24) is 9.97 Å². The average Bonchev–Trinajstić information content (AvgIpc) is 3.47. The summed E-state index contributed by atoms with van der Waals surface area (Å²) < 4.78 is 17.2. The molecular weight excluding hydrogens is 442 g/mol. The quantitative estimate of drug-likeness (QED) is 0.284. The van der Waals surface area contributed by atoms with Gasteiger partial charge in [0.05, 0.1) is 31.5 Å². The number of methoxy groups -OCH3 is 2. The Labute approximate surface area is 202 Å². The molecule has 5 rings (SSSR count). The lowest BCUT2D eigenvalue weighted by molar-refractivity contribution is -0.111. The Morgan fingerprint density at radius 2 is 1.83 bits per heavy atom. The van der Waals surface area contributed by atoms with Gasteiger partial charge in [-0.15, -0.1) is 0 Å². The molecule has 0 atom stereocenters. The van der Waals surface area contributed by atoms with Gasteiger partial charge in [0, 0.05) is 33.7 Å². The molecule has 2 aromatic heterocycles. The molecule has 3 aromatic carbocycles. The Bertz CT molecular complexity index is 1560. The van der Waals surface area contributed by atoms with Gasteiger partial charge in [-0.1, -0.05) is 30.3 Å². The van der Waals surface area contributed by atoms with Crippen LogP contribution in [0.1, 0.15) is 18.1 Å². The highest BCUT2D eigenvalue weighted by Crippen LogP contribution is 2.42. The van der Waals surface area contributed by atoms with Crippen LogP contribution in [0, 0.1) is 6.92 Å². The molecule has 0 bridgehead atoms. The molecule has 0 saturated carbocycles. The van der Waals surface area contributed by atoms with E-state index >= 15 is 0 Å².